The summed E-state index contributed by atoms with van der Waals surface area (Å²) in [6.07, 6.45) is -4.57. The second kappa shape index (κ2) is 7.34. The lowest BCUT2D eigenvalue weighted by Gasteiger charge is -2.10. The largest absolute Gasteiger partial charge is 0.497 e. The molecule has 12 heteroatoms. The normalized spacial score (nSPS) is 11.6. The molecule has 0 aliphatic rings. The molecular weight excluding hydrogens is 425 g/mol. The van der Waals surface area contributed by atoms with E-state index in [-0.39, 0.29) is 23.1 Å². The Morgan fingerprint density at radius 1 is 1.13 bits per heavy atom. The summed E-state index contributed by atoms with van der Waals surface area (Å²) in [5.41, 5.74) is 6.04. The summed E-state index contributed by atoms with van der Waals surface area (Å²) in [4.78, 5) is 4.25. The number of ether oxygens (including phenoxy) is 1. The van der Waals surface area contributed by atoms with Crippen LogP contribution in [0.1, 0.15) is 5.56 Å². The minimum Gasteiger partial charge on any atom is -0.497 e. The first kappa shape index (κ1) is 19.7. The summed E-state index contributed by atoms with van der Waals surface area (Å²) >= 11 is 5.76. The Balaban J connectivity index is 1.66. The molecule has 0 saturated carbocycles. The number of nitrogens with two attached hydrogens (primary N) is 1. The SMILES string of the molecule is COc1ccc(-c2noc(-c3nnn(-c4ccc(C(F)(F)F)c(Cl)c4)c3N)n2)cc1. The van der Waals surface area contributed by atoms with E-state index in [2.05, 4.69) is 20.5 Å². The van der Waals surface area contributed by atoms with E-state index in [4.69, 9.17) is 26.6 Å². The molecule has 154 valence electrons. The molecule has 0 aliphatic heterocycles. The second-order valence-corrected chi connectivity index (χ2v) is 6.46. The zero-order valence-corrected chi connectivity index (χ0v) is 15.9. The molecule has 0 atom stereocenters. The molecule has 0 aliphatic carbocycles. The van der Waals surface area contributed by atoms with Gasteiger partial charge in [0.15, 0.2) is 11.5 Å². The number of nitrogen functional groups attached to an aromatic ring is 1. The fourth-order valence-electron chi connectivity index (χ4n) is 2.67. The second-order valence-electron chi connectivity index (χ2n) is 6.05. The molecule has 4 aromatic rings. The van der Waals surface area contributed by atoms with Crippen LogP contribution in [0.3, 0.4) is 0 Å². The lowest BCUT2D eigenvalue weighted by Crippen LogP contribution is -2.08. The van der Waals surface area contributed by atoms with E-state index in [0.717, 1.165) is 16.8 Å². The summed E-state index contributed by atoms with van der Waals surface area (Å²) in [6.45, 7) is 0. The van der Waals surface area contributed by atoms with Gasteiger partial charge in [-0.3, -0.25) is 0 Å². The Hall–Kier alpha value is -3.60. The van der Waals surface area contributed by atoms with Crippen LogP contribution >= 0.6 is 11.6 Å². The fraction of sp³-hybridized carbons (Fsp3) is 0.111. The Morgan fingerprint density at radius 3 is 2.50 bits per heavy atom. The van der Waals surface area contributed by atoms with Crippen molar-refractivity contribution in [1.82, 2.24) is 25.1 Å². The number of hydrogen-bond donors (Lipinski definition) is 1. The molecule has 0 unspecified atom stereocenters. The molecule has 0 bridgehead atoms. The van der Waals surface area contributed by atoms with Gasteiger partial charge >= 0.3 is 6.18 Å². The van der Waals surface area contributed by atoms with Gasteiger partial charge in [-0.05, 0) is 42.5 Å². The number of hydrogen-bond acceptors (Lipinski definition) is 7. The van der Waals surface area contributed by atoms with Crippen LogP contribution in [-0.2, 0) is 6.18 Å². The van der Waals surface area contributed by atoms with E-state index >= 15 is 0 Å². The van der Waals surface area contributed by atoms with Gasteiger partial charge in [-0.2, -0.15) is 22.8 Å². The highest BCUT2D eigenvalue weighted by Crippen LogP contribution is 2.36. The first-order chi connectivity index (χ1) is 14.3. The van der Waals surface area contributed by atoms with Gasteiger partial charge in [0.2, 0.25) is 5.82 Å². The molecule has 2 heterocycles. The molecule has 2 aromatic carbocycles. The third kappa shape index (κ3) is 3.54. The highest BCUT2D eigenvalue weighted by atomic mass is 35.5. The summed E-state index contributed by atoms with van der Waals surface area (Å²) in [7, 11) is 1.55. The molecule has 0 fully saturated rings. The highest BCUT2D eigenvalue weighted by Gasteiger charge is 2.33. The average molecular weight is 437 g/mol. The van der Waals surface area contributed by atoms with Crippen molar-refractivity contribution in [3.05, 3.63) is 53.1 Å². The Bertz CT molecular complexity index is 1200. The first-order valence-corrected chi connectivity index (χ1v) is 8.72. The topological polar surface area (TPSA) is 105 Å². The Morgan fingerprint density at radius 2 is 1.87 bits per heavy atom. The van der Waals surface area contributed by atoms with Crippen molar-refractivity contribution in [2.45, 2.75) is 6.18 Å². The predicted molar refractivity (Wildman–Crippen MR) is 101 cm³/mol. The van der Waals surface area contributed by atoms with Crippen LogP contribution in [0.25, 0.3) is 28.7 Å². The van der Waals surface area contributed by atoms with Crippen molar-refractivity contribution in [3.63, 3.8) is 0 Å². The molecule has 2 aromatic heterocycles. The molecule has 0 spiro atoms. The van der Waals surface area contributed by atoms with E-state index in [9.17, 15) is 13.2 Å². The van der Waals surface area contributed by atoms with E-state index in [1.807, 2.05) is 0 Å². The molecule has 2 N–H and O–H groups in total. The molecule has 4 rings (SSSR count). The quantitative estimate of drug-likeness (QED) is 0.510. The predicted octanol–water partition coefficient (Wildman–Crippen LogP) is 4.25. The van der Waals surface area contributed by atoms with Gasteiger partial charge in [-0.1, -0.05) is 22.0 Å². The summed E-state index contributed by atoms with van der Waals surface area (Å²) in [5.74, 6) is 0.961. The van der Waals surface area contributed by atoms with Crippen LogP contribution in [0.4, 0.5) is 19.0 Å². The maximum Gasteiger partial charge on any atom is 0.417 e. The minimum absolute atomic E-state index is 0.00239. The number of nitrogens with zero attached hydrogens (tertiary/aromatic N) is 5. The van der Waals surface area contributed by atoms with Crippen LogP contribution in [0.2, 0.25) is 5.02 Å². The summed E-state index contributed by atoms with van der Waals surface area (Å²) < 4.78 is 50.1. The van der Waals surface area contributed by atoms with Gasteiger partial charge < -0.3 is 15.0 Å². The van der Waals surface area contributed by atoms with Gasteiger partial charge in [-0.15, -0.1) is 5.10 Å². The van der Waals surface area contributed by atoms with Crippen LogP contribution in [0, 0.1) is 0 Å². The van der Waals surface area contributed by atoms with E-state index < -0.39 is 16.8 Å². The van der Waals surface area contributed by atoms with E-state index in [1.165, 1.54) is 6.07 Å². The number of aromatic nitrogens is 5. The van der Waals surface area contributed by atoms with E-state index in [0.29, 0.717) is 17.1 Å². The molecule has 8 nitrogen and oxygen atoms in total. The van der Waals surface area contributed by atoms with Crippen molar-refractivity contribution in [2.75, 3.05) is 12.8 Å². The van der Waals surface area contributed by atoms with Gasteiger partial charge in [-0.25, -0.2) is 0 Å². The zero-order valence-electron chi connectivity index (χ0n) is 15.2. The standard InChI is InChI=1S/C18H12ClF3N6O2/c1-29-11-5-2-9(3-6-11)16-24-17(30-26-16)14-15(23)28(27-25-14)10-4-7-12(13(19)8-10)18(20,21)22/h2-8H,23H2,1H3. The van der Waals surface area contributed by atoms with Gasteiger partial charge in [0.1, 0.15) is 5.75 Å². The number of alkyl halides is 3. The van der Waals surface area contributed by atoms with Crippen molar-refractivity contribution < 1.29 is 22.4 Å². The van der Waals surface area contributed by atoms with Gasteiger partial charge in [0.05, 0.1) is 23.4 Å². The monoisotopic (exact) mass is 436 g/mol. The molecule has 30 heavy (non-hydrogen) atoms. The number of anilines is 1. The molecule has 0 amide bonds. The number of methoxy groups -OCH3 is 1. The van der Waals surface area contributed by atoms with Gasteiger partial charge in [0.25, 0.3) is 5.89 Å². The Kier molecular flexibility index (Phi) is 4.82. The zero-order chi connectivity index (χ0) is 21.5. The van der Waals surface area contributed by atoms with Gasteiger partial charge in [0, 0.05) is 5.56 Å². The number of rotatable bonds is 4. The third-order valence-electron chi connectivity index (χ3n) is 4.18. The van der Waals surface area contributed by atoms with Crippen LogP contribution in [0.5, 0.6) is 5.75 Å². The lowest BCUT2D eigenvalue weighted by molar-refractivity contribution is -0.137. The van der Waals surface area contributed by atoms with Crippen molar-refractivity contribution in [1.29, 1.82) is 0 Å². The van der Waals surface area contributed by atoms with Crippen molar-refractivity contribution in [3.8, 4) is 34.4 Å². The smallest absolute Gasteiger partial charge is 0.417 e. The average Bonchev–Trinajstić information content (AvgIpc) is 3.33. The summed E-state index contributed by atoms with van der Waals surface area (Å²) in [5, 5.41) is 11.2. The highest BCUT2D eigenvalue weighted by molar-refractivity contribution is 6.31. The number of benzene rings is 2. The van der Waals surface area contributed by atoms with Crippen molar-refractivity contribution >= 4 is 17.4 Å². The van der Waals surface area contributed by atoms with E-state index in [1.54, 1.807) is 31.4 Å². The molecule has 0 radical (unpaired) electrons. The minimum atomic E-state index is -4.57. The van der Waals surface area contributed by atoms with Crippen molar-refractivity contribution in [2.24, 2.45) is 0 Å². The maximum atomic E-state index is 12.9. The fourth-order valence-corrected chi connectivity index (χ4v) is 2.96. The molecular formula is C18H12ClF3N6O2. The summed E-state index contributed by atoms with van der Waals surface area (Å²) in [6, 6.07) is 10.1. The molecule has 0 saturated heterocycles. The van der Waals surface area contributed by atoms with Crippen LogP contribution < -0.4 is 10.5 Å². The first-order valence-electron chi connectivity index (χ1n) is 8.34. The maximum absolute atomic E-state index is 12.9. The Labute approximate surface area is 172 Å². The third-order valence-corrected chi connectivity index (χ3v) is 4.50. The van der Waals surface area contributed by atoms with Crippen LogP contribution in [0.15, 0.2) is 47.0 Å². The van der Waals surface area contributed by atoms with Crippen LogP contribution in [-0.4, -0.2) is 32.2 Å². The number of halogens is 4. The lowest BCUT2D eigenvalue weighted by atomic mass is 10.2.